The summed E-state index contributed by atoms with van der Waals surface area (Å²) in [4.78, 5) is 29.1. The predicted molar refractivity (Wildman–Crippen MR) is 163 cm³/mol. The van der Waals surface area contributed by atoms with E-state index in [2.05, 4.69) is 5.32 Å². The van der Waals surface area contributed by atoms with Crippen LogP contribution in [0.15, 0.2) is 77.7 Å². The Kier molecular flexibility index (Phi) is 10.1. The summed E-state index contributed by atoms with van der Waals surface area (Å²) in [5.74, 6) is -0.708. The standard InChI is InChI=1S/C32H38ClN3O4S/c1-23-10-9-15-29(20-23)36(41(39,40)30-18-16-27(33)17-19-30)22-31(37)35(21-26-12-8-7-11-24(26)2)25(3)32(38)34-28-13-5-4-6-14-28/h7-12,15-20,25,28H,4-6,13-14,21-22H2,1-3H3,(H,34,38). The molecule has 1 saturated carbocycles. The van der Waals surface area contributed by atoms with Crippen molar-refractivity contribution in [2.75, 3.05) is 10.8 Å². The quantitative estimate of drug-likeness (QED) is 0.311. The lowest BCUT2D eigenvalue weighted by Crippen LogP contribution is -2.53. The monoisotopic (exact) mass is 595 g/mol. The third kappa shape index (κ3) is 7.68. The van der Waals surface area contributed by atoms with E-state index in [1.807, 2.05) is 44.2 Å². The molecule has 1 aliphatic rings. The van der Waals surface area contributed by atoms with Gasteiger partial charge in [-0.2, -0.15) is 0 Å². The second-order valence-corrected chi connectivity index (χ2v) is 13.1. The van der Waals surface area contributed by atoms with E-state index >= 15 is 0 Å². The third-order valence-electron chi connectivity index (χ3n) is 7.69. The minimum Gasteiger partial charge on any atom is -0.352 e. The second-order valence-electron chi connectivity index (χ2n) is 10.8. The maximum Gasteiger partial charge on any atom is 0.264 e. The van der Waals surface area contributed by atoms with E-state index in [0.717, 1.165) is 53.1 Å². The molecule has 0 bridgehead atoms. The zero-order valence-corrected chi connectivity index (χ0v) is 25.4. The van der Waals surface area contributed by atoms with Gasteiger partial charge in [-0.3, -0.25) is 13.9 Å². The molecule has 0 spiro atoms. The van der Waals surface area contributed by atoms with Crippen molar-refractivity contribution in [3.05, 3.63) is 94.5 Å². The van der Waals surface area contributed by atoms with E-state index in [1.165, 1.54) is 29.2 Å². The van der Waals surface area contributed by atoms with Gasteiger partial charge in [0.2, 0.25) is 11.8 Å². The maximum atomic E-state index is 14.1. The lowest BCUT2D eigenvalue weighted by atomic mass is 9.95. The SMILES string of the molecule is Cc1cccc(N(CC(=O)N(Cc2ccccc2C)C(C)C(=O)NC2CCCCC2)S(=O)(=O)c2ccc(Cl)cc2)c1. The molecule has 4 rings (SSSR count). The van der Waals surface area contributed by atoms with Gasteiger partial charge in [-0.25, -0.2) is 8.42 Å². The number of anilines is 1. The summed E-state index contributed by atoms with van der Waals surface area (Å²) in [7, 11) is -4.14. The minimum atomic E-state index is -4.14. The molecule has 1 N–H and O–H groups in total. The molecule has 218 valence electrons. The van der Waals surface area contributed by atoms with E-state index in [4.69, 9.17) is 11.6 Å². The molecule has 0 aromatic heterocycles. The van der Waals surface area contributed by atoms with Gasteiger partial charge in [0.05, 0.1) is 10.6 Å². The summed E-state index contributed by atoms with van der Waals surface area (Å²) in [6.45, 7) is 5.23. The van der Waals surface area contributed by atoms with Gasteiger partial charge in [-0.05, 0) is 86.7 Å². The van der Waals surface area contributed by atoms with Crippen molar-refractivity contribution < 1.29 is 18.0 Å². The topological polar surface area (TPSA) is 86.8 Å². The van der Waals surface area contributed by atoms with Crippen molar-refractivity contribution in [1.29, 1.82) is 0 Å². The molecule has 41 heavy (non-hydrogen) atoms. The van der Waals surface area contributed by atoms with Crippen LogP contribution in [0.25, 0.3) is 0 Å². The number of aryl methyl sites for hydroxylation is 2. The number of sulfonamides is 1. The lowest BCUT2D eigenvalue weighted by molar-refractivity contribution is -0.139. The van der Waals surface area contributed by atoms with Gasteiger partial charge < -0.3 is 10.2 Å². The maximum absolute atomic E-state index is 14.1. The van der Waals surface area contributed by atoms with Gasteiger partial charge in [0, 0.05) is 17.6 Å². The van der Waals surface area contributed by atoms with Crippen LogP contribution in [0, 0.1) is 13.8 Å². The number of amides is 2. The minimum absolute atomic E-state index is 0.0183. The average Bonchev–Trinajstić information content (AvgIpc) is 2.95. The Hall–Kier alpha value is -3.36. The third-order valence-corrected chi connectivity index (χ3v) is 9.73. The number of nitrogens with zero attached hydrogens (tertiary/aromatic N) is 2. The van der Waals surface area contributed by atoms with Gasteiger partial charge in [-0.15, -0.1) is 0 Å². The number of carbonyl (C=O) groups is 2. The molecule has 0 heterocycles. The second kappa shape index (κ2) is 13.5. The highest BCUT2D eigenvalue weighted by Gasteiger charge is 2.33. The molecule has 1 unspecified atom stereocenters. The number of nitrogens with one attached hydrogen (secondary N) is 1. The van der Waals surface area contributed by atoms with Crippen LogP contribution in [-0.4, -0.2) is 43.8 Å². The summed E-state index contributed by atoms with van der Waals surface area (Å²) >= 11 is 6.02. The predicted octanol–water partition coefficient (Wildman–Crippen LogP) is 6.02. The Balaban J connectivity index is 1.68. The van der Waals surface area contributed by atoms with Crippen LogP contribution in [0.4, 0.5) is 5.69 Å². The molecular weight excluding hydrogens is 558 g/mol. The molecule has 2 amide bonds. The smallest absolute Gasteiger partial charge is 0.264 e. The van der Waals surface area contributed by atoms with E-state index in [9.17, 15) is 18.0 Å². The molecular formula is C32H38ClN3O4S. The largest absolute Gasteiger partial charge is 0.352 e. The highest BCUT2D eigenvalue weighted by atomic mass is 35.5. The zero-order valence-electron chi connectivity index (χ0n) is 23.8. The average molecular weight is 596 g/mol. The first-order valence-electron chi connectivity index (χ1n) is 14.1. The first kappa shape index (κ1) is 30.6. The van der Waals surface area contributed by atoms with E-state index in [1.54, 1.807) is 25.1 Å². The van der Waals surface area contributed by atoms with Gasteiger partial charge in [0.15, 0.2) is 0 Å². The van der Waals surface area contributed by atoms with Crippen LogP contribution in [0.5, 0.6) is 0 Å². The van der Waals surface area contributed by atoms with Gasteiger partial charge in [0.1, 0.15) is 12.6 Å². The number of benzene rings is 3. The molecule has 9 heteroatoms. The summed E-state index contributed by atoms with van der Waals surface area (Å²) in [6, 6.07) is 19.8. The van der Waals surface area contributed by atoms with Crippen LogP contribution in [0.1, 0.15) is 55.7 Å². The van der Waals surface area contributed by atoms with Crippen molar-refractivity contribution in [2.24, 2.45) is 0 Å². The molecule has 3 aromatic carbocycles. The Labute approximate surface area is 248 Å². The Morgan fingerprint density at radius 2 is 1.63 bits per heavy atom. The number of hydrogen-bond acceptors (Lipinski definition) is 4. The Bertz CT molecular complexity index is 1470. The van der Waals surface area contributed by atoms with Gasteiger partial charge in [-0.1, -0.05) is 67.3 Å². The van der Waals surface area contributed by atoms with Crippen LogP contribution in [0.3, 0.4) is 0 Å². The van der Waals surface area contributed by atoms with Crippen LogP contribution in [-0.2, 0) is 26.2 Å². The fourth-order valence-electron chi connectivity index (χ4n) is 5.17. The fourth-order valence-corrected chi connectivity index (χ4v) is 6.70. The summed E-state index contributed by atoms with van der Waals surface area (Å²) in [5, 5.41) is 3.54. The van der Waals surface area contributed by atoms with Crippen LogP contribution >= 0.6 is 11.6 Å². The fraction of sp³-hybridized carbons (Fsp3) is 0.375. The summed E-state index contributed by atoms with van der Waals surface area (Å²) in [5.41, 5.74) is 3.09. The van der Waals surface area contributed by atoms with E-state index in [-0.39, 0.29) is 23.4 Å². The van der Waals surface area contributed by atoms with Gasteiger partial charge in [0.25, 0.3) is 10.0 Å². The zero-order chi connectivity index (χ0) is 29.6. The lowest BCUT2D eigenvalue weighted by Gasteiger charge is -2.33. The molecule has 0 saturated heterocycles. The molecule has 1 aliphatic carbocycles. The van der Waals surface area contributed by atoms with Crippen molar-refractivity contribution in [2.45, 2.75) is 76.4 Å². The number of carbonyl (C=O) groups excluding carboxylic acids is 2. The first-order chi connectivity index (χ1) is 19.6. The van der Waals surface area contributed by atoms with Crippen molar-refractivity contribution in [3.8, 4) is 0 Å². The van der Waals surface area contributed by atoms with Crippen molar-refractivity contribution >= 4 is 39.1 Å². The van der Waals surface area contributed by atoms with Gasteiger partial charge >= 0.3 is 0 Å². The van der Waals surface area contributed by atoms with Crippen LogP contribution < -0.4 is 9.62 Å². The van der Waals surface area contributed by atoms with E-state index < -0.39 is 28.5 Å². The molecule has 7 nitrogen and oxygen atoms in total. The number of hydrogen-bond donors (Lipinski definition) is 1. The van der Waals surface area contributed by atoms with Crippen molar-refractivity contribution in [3.63, 3.8) is 0 Å². The Morgan fingerprint density at radius 3 is 2.29 bits per heavy atom. The highest BCUT2D eigenvalue weighted by molar-refractivity contribution is 7.92. The molecule has 1 fully saturated rings. The van der Waals surface area contributed by atoms with E-state index in [0.29, 0.717) is 10.7 Å². The molecule has 0 aliphatic heterocycles. The molecule has 1 atom stereocenters. The van der Waals surface area contributed by atoms with Crippen molar-refractivity contribution in [1.82, 2.24) is 10.2 Å². The molecule has 0 radical (unpaired) electrons. The first-order valence-corrected chi connectivity index (χ1v) is 15.9. The molecule has 3 aromatic rings. The number of rotatable bonds is 10. The highest BCUT2D eigenvalue weighted by Crippen LogP contribution is 2.27. The van der Waals surface area contributed by atoms with Crippen LogP contribution in [0.2, 0.25) is 5.02 Å². The summed E-state index contributed by atoms with van der Waals surface area (Å²) in [6.07, 6.45) is 5.14. The summed E-state index contributed by atoms with van der Waals surface area (Å²) < 4.78 is 29.0. The normalized spacial score (nSPS) is 14.7. The number of halogens is 1. The Morgan fingerprint density at radius 1 is 0.951 bits per heavy atom.